The van der Waals surface area contributed by atoms with Crippen LogP contribution in [-0.2, 0) is 0 Å². The van der Waals surface area contributed by atoms with Gasteiger partial charge in [0.2, 0.25) is 5.96 Å². The van der Waals surface area contributed by atoms with E-state index < -0.39 is 0 Å². The number of hydrazine groups is 2. The summed E-state index contributed by atoms with van der Waals surface area (Å²) in [5.41, 5.74) is 6.96. The average molecular weight is 246 g/mol. The lowest BCUT2D eigenvalue weighted by molar-refractivity contribution is 0.300. The molecule has 0 saturated carbocycles. The molecule has 0 aromatic heterocycles. The van der Waals surface area contributed by atoms with Gasteiger partial charge in [-0.2, -0.15) is 0 Å². The highest BCUT2D eigenvalue weighted by atomic mass is 15.9. The van der Waals surface area contributed by atoms with Gasteiger partial charge in [-0.05, 0) is 19.1 Å². The number of anilines is 1. The number of hydrazone groups is 1. The van der Waals surface area contributed by atoms with E-state index in [4.69, 9.17) is 0 Å². The van der Waals surface area contributed by atoms with Crippen LogP contribution in [0.1, 0.15) is 6.92 Å². The maximum atomic E-state index is 4.33. The maximum absolute atomic E-state index is 4.33. The van der Waals surface area contributed by atoms with Crippen LogP contribution < -0.4 is 21.4 Å². The van der Waals surface area contributed by atoms with E-state index >= 15 is 0 Å². The van der Waals surface area contributed by atoms with Crippen molar-refractivity contribution in [3.63, 3.8) is 0 Å². The molecule has 1 aromatic carbocycles. The predicted octanol–water partition coefficient (Wildman–Crippen LogP) is 0.0805. The number of nitrogens with one attached hydrogen (secondary N) is 3. The molecule has 0 amide bonds. The van der Waals surface area contributed by atoms with Gasteiger partial charge in [-0.3, -0.25) is 0 Å². The summed E-state index contributed by atoms with van der Waals surface area (Å²) in [6.07, 6.45) is 0. The van der Waals surface area contributed by atoms with Gasteiger partial charge in [-0.25, -0.2) is 10.5 Å². The zero-order valence-corrected chi connectivity index (χ0v) is 10.4. The van der Waals surface area contributed by atoms with Gasteiger partial charge in [0.1, 0.15) is 0 Å². The standard InChI is InChI=1S/C12H18N6/c1-10-9-17(8-7-13-10)12-14-15-16-18(12)11-5-3-2-4-6-11/h2-6,10,13,15-16H,7-9H2,1H3/t10-/m1/s1. The maximum Gasteiger partial charge on any atom is 0.241 e. The van der Waals surface area contributed by atoms with E-state index in [-0.39, 0.29) is 0 Å². The van der Waals surface area contributed by atoms with Crippen LogP contribution in [0.3, 0.4) is 0 Å². The fourth-order valence-electron chi connectivity index (χ4n) is 2.31. The topological polar surface area (TPSA) is 54.9 Å². The minimum atomic E-state index is 0.486. The van der Waals surface area contributed by atoms with E-state index in [0.29, 0.717) is 6.04 Å². The van der Waals surface area contributed by atoms with Gasteiger partial charge in [0.05, 0.1) is 5.69 Å². The summed E-state index contributed by atoms with van der Waals surface area (Å²) in [6, 6.07) is 10.7. The second kappa shape index (κ2) is 4.83. The van der Waals surface area contributed by atoms with Crippen LogP contribution in [0.4, 0.5) is 5.69 Å². The molecule has 2 aliphatic rings. The molecule has 1 aromatic rings. The van der Waals surface area contributed by atoms with Gasteiger partial charge < -0.3 is 10.2 Å². The summed E-state index contributed by atoms with van der Waals surface area (Å²) < 4.78 is 0. The van der Waals surface area contributed by atoms with Crippen molar-refractivity contribution in [2.75, 3.05) is 24.6 Å². The molecule has 96 valence electrons. The normalized spacial score (nSPS) is 23.8. The first-order valence-electron chi connectivity index (χ1n) is 6.26. The van der Waals surface area contributed by atoms with Crippen molar-refractivity contribution in [3.05, 3.63) is 30.3 Å². The van der Waals surface area contributed by atoms with Crippen molar-refractivity contribution in [2.45, 2.75) is 13.0 Å². The van der Waals surface area contributed by atoms with Gasteiger partial charge in [0.25, 0.3) is 0 Å². The lowest BCUT2D eigenvalue weighted by Gasteiger charge is -2.35. The van der Waals surface area contributed by atoms with Crippen molar-refractivity contribution in [2.24, 2.45) is 5.10 Å². The minimum Gasteiger partial charge on any atom is -0.337 e. The van der Waals surface area contributed by atoms with E-state index in [9.17, 15) is 0 Å². The number of rotatable bonds is 1. The van der Waals surface area contributed by atoms with E-state index in [0.717, 1.165) is 31.3 Å². The van der Waals surface area contributed by atoms with Crippen molar-refractivity contribution in [3.8, 4) is 0 Å². The SMILES string of the molecule is C[C@@H]1CN(C2=NNNN2c2ccccc2)CCN1. The summed E-state index contributed by atoms with van der Waals surface area (Å²) in [6.45, 7) is 5.11. The predicted molar refractivity (Wildman–Crippen MR) is 71.7 cm³/mol. The van der Waals surface area contributed by atoms with Crippen LogP contribution in [0, 0.1) is 0 Å². The van der Waals surface area contributed by atoms with E-state index in [1.165, 1.54) is 0 Å². The Labute approximate surface area is 107 Å². The minimum absolute atomic E-state index is 0.486. The Morgan fingerprint density at radius 3 is 2.89 bits per heavy atom. The molecule has 3 N–H and O–H groups in total. The molecule has 2 aliphatic heterocycles. The third kappa shape index (κ3) is 2.12. The highest BCUT2D eigenvalue weighted by molar-refractivity contribution is 5.96. The average Bonchev–Trinajstić information content (AvgIpc) is 2.89. The van der Waals surface area contributed by atoms with Crippen molar-refractivity contribution < 1.29 is 0 Å². The van der Waals surface area contributed by atoms with Crippen molar-refractivity contribution >= 4 is 11.6 Å². The molecule has 0 aliphatic carbocycles. The highest BCUT2D eigenvalue weighted by Gasteiger charge is 2.27. The molecule has 0 unspecified atom stereocenters. The Morgan fingerprint density at radius 2 is 2.11 bits per heavy atom. The Bertz CT molecular complexity index is 431. The first kappa shape index (κ1) is 11.3. The molecule has 0 bridgehead atoms. The zero-order valence-electron chi connectivity index (χ0n) is 10.4. The summed E-state index contributed by atoms with van der Waals surface area (Å²) >= 11 is 0. The Morgan fingerprint density at radius 1 is 1.28 bits per heavy atom. The van der Waals surface area contributed by atoms with Crippen molar-refractivity contribution in [1.82, 2.24) is 21.3 Å². The number of para-hydroxylation sites is 1. The molecule has 6 heteroatoms. The number of nitrogens with zero attached hydrogens (tertiary/aromatic N) is 3. The van der Waals surface area contributed by atoms with Crippen LogP contribution in [0.5, 0.6) is 0 Å². The van der Waals surface area contributed by atoms with Gasteiger partial charge in [0, 0.05) is 25.7 Å². The Kier molecular flexibility index (Phi) is 3.04. The highest BCUT2D eigenvalue weighted by Crippen LogP contribution is 2.15. The van der Waals surface area contributed by atoms with E-state index in [1.807, 2.05) is 23.2 Å². The monoisotopic (exact) mass is 246 g/mol. The quantitative estimate of drug-likeness (QED) is 0.655. The van der Waals surface area contributed by atoms with Crippen LogP contribution in [-0.4, -0.2) is 36.5 Å². The second-order valence-electron chi connectivity index (χ2n) is 4.61. The molecule has 1 saturated heterocycles. The molecule has 1 atom stereocenters. The lowest BCUT2D eigenvalue weighted by Crippen LogP contribution is -2.56. The summed E-state index contributed by atoms with van der Waals surface area (Å²) in [5, 5.41) is 9.74. The summed E-state index contributed by atoms with van der Waals surface area (Å²) in [4.78, 5) is 2.28. The molecule has 0 spiro atoms. The lowest BCUT2D eigenvalue weighted by atomic mass is 10.2. The number of benzene rings is 1. The first-order valence-corrected chi connectivity index (χ1v) is 6.26. The van der Waals surface area contributed by atoms with E-state index in [1.54, 1.807) is 0 Å². The smallest absolute Gasteiger partial charge is 0.241 e. The molecule has 2 heterocycles. The summed E-state index contributed by atoms with van der Waals surface area (Å²) in [5.74, 6) is 0.926. The number of hydrogen-bond donors (Lipinski definition) is 3. The van der Waals surface area contributed by atoms with Crippen molar-refractivity contribution in [1.29, 1.82) is 0 Å². The van der Waals surface area contributed by atoms with Gasteiger partial charge >= 0.3 is 0 Å². The molecular formula is C12H18N6. The second-order valence-corrected chi connectivity index (χ2v) is 4.61. The molecule has 3 rings (SSSR count). The first-order chi connectivity index (χ1) is 8.84. The number of guanidine groups is 1. The van der Waals surface area contributed by atoms with Crippen LogP contribution in [0.25, 0.3) is 0 Å². The van der Waals surface area contributed by atoms with Crippen LogP contribution >= 0.6 is 0 Å². The third-order valence-corrected chi connectivity index (χ3v) is 3.18. The largest absolute Gasteiger partial charge is 0.337 e. The van der Waals surface area contributed by atoms with Gasteiger partial charge in [-0.15, -0.1) is 10.6 Å². The Balaban J connectivity index is 1.79. The van der Waals surface area contributed by atoms with Gasteiger partial charge in [-0.1, -0.05) is 18.2 Å². The molecule has 6 nitrogen and oxygen atoms in total. The number of piperazine rings is 1. The molecule has 0 radical (unpaired) electrons. The molecular weight excluding hydrogens is 228 g/mol. The molecule has 1 fully saturated rings. The van der Waals surface area contributed by atoms with Crippen LogP contribution in [0.15, 0.2) is 35.4 Å². The number of hydrogen-bond acceptors (Lipinski definition) is 6. The fraction of sp³-hybridized carbons (Fsp3) is 0.417. The fourth-order valence-corrected chi connectivity index (χ4v) is 2.31. The third-order valence-electron chi connectivity index (χ3n) is 3.18. The van der Waals surface area contributed by atoms with E-state index in [2.05, 4.69) is 45.4 Å². The Hall–Kier alpha value is -1.79. The van der Waals surface area contributed by atoms with Gasteiger partial charge in [0.15, 0.2) is 0 Å². The zero-order chi connectivity index (χ0) is 12.4. The molecule has 18 heavy (non-hydrogen) atoms. The van der Waals surface area contributed by atoms with Crippen LogP contribution in [0.2, 0.25) is 0 Å². The summed E-state index contributed by atoms with van der Waals surface area (Å²) in [7, 11) is 0.